The summed E-state index contributed by atoms with van der Waals surface area (Å²) in [5.74, 6) is -6.52. The Bertz CT molecular complexity index is 2810. The van der Waals surface area contributed by atoms with Crippen molar-refractivity contribution < 1.29 is 102 Å². The largest absolute Gasteiger partial charge is 1.00 e. The van der Waals surface area contributed by atoms with E-state index in [1.165, 1.54) is 81.6 Å². The van der Waals surface area contributed by atoms with Crippen molar-refractivity contribution >= 4 is 85.5 Å². The van der Waals surface area contributed by atoms with Crippen molar-refractivity contribution in [3.63, 3.8) is 0 Å². The van der Waals surface area contributed by atoms with Crippen LogP contribution in [0.25, 0.3) is 0 Å². The van der Waals surface area contributed by atoms with Gasteiger partial charge < -0.3 is 24.4 Å². The first-order valence-electron chi connectivity index (χ1n) is 20.6. The van der Waals surface area contributed by atoms with Gasteiger partial charge in [-0.3, -0.25) is 9.59 Å². The first kappa shape index (κ1) is 56.9. The summed E-state index contributed by atoms with van der Waals surface area (Å²) in [7, 11) is 2.24. The molecule has 9 rings (SSSR count). The van der Waals surface area contributed by atoms with Gasteiger partial charge in [-0.15, -0.1) is 0 Å². The number of rotatable bonds is 9. The maximum Gasteiger partial charge on any atom is 1.00 e. The summed E-state index contributed by atoms with van der Waals surface area (Å²) < 4.78 is 96.9. The SMILES string of the molecule is C1CCOC1.COCc1cc(Cl)c(F)c(N2CCc3c(nn(Cc4cccc(F)c4F)c3Cl)C2=O)c1.C[O-].O=C1c2nn(Cc3cccc(F)c3F)c(Cl)c2CCN1c1cc(CBr)cc(Cl)c1F.[K+]. The molecule has 3 aliphatic rings. The van der Waals surface area contributed by atoms with Crippen LogP contribution in [-0.4, -0.2) is 71.9 Å². The molecule has 362 valence electrons. The number of ether oxygens (including phenoxy) is 2. The van der Waals surface area contributed by atoms with E-state index < -0.39 is 46.7 Å². The van der Waals surface area contributed by atoms with E-state index in [1.807, 2.05) is 0 Å². The Hall–Kier alpha value is -3.02. The number of carbonyl (C=O) groups is 2. The van der Waals surface area contributed by atoms with Crippen molar-refractivity contribution in [1.29, 1.82) is 0 Å². The van der Waals surface area contributed by atoms with Gasteiger partial charge in [0.25, 0.3) is 11.8 Å². The van der Waals surface area contributed by atoms with Crippen LogP contribution in [0.4, 0.5) is 37.7 Å². The van der Waals surface area contributed by atoms with Gasteiger partial charge in [0.05, 0.1) is 41.1 Å². The van der Waals surface area contributed by atoms with E-state index in [0.717, 1.165) is 32.5 Å². The number of fused-ring (bicyclic) bond motifs is 2. The molecule has 2 amide bonds. The normalized spacial score (nSPS) is 13.9. The van der Waals surface area contributed by atoms with Gasteiger partial charge in [0.15, 0.2) is 46.3 Å². The second kappa shape index (κ2) is 26.1. The van der Waals surface area contributed by atoms with Gasteiger partial charge in [-0.2, -0.15) is 17.3 Å². The number of benzene rings is 4. The third-order valence-corrected chi connectivity index (χ3v) is 12.8. The summed E-state index contributed by atoms with van der Waals surface area (Å²) in [5, 5.41) is 17.2. The van der Waals surface area contributed by atoms with E-state index in [9.17, 15) is 35.9 Å². The fourth-order valence-electron chi connectivity index (χ4n) is 7.47. The Kier molecular flexibility index (Phi) is 21.5. The van der Waals surface area contributed by atoms with Gasteiger partial charge in [-0.05, 0) is 73.2 Å². The number of amides is 2. The molecule has 6 aromatic rings. The number of hydrogen-bond donors (Lipinski definition) is 0. The molecule has 0 N–H and O–H groups in total. The van der Waals surface area contributed by atoms with E-state index >= 15 is 0 Å². The standard InChI is InChI=1S/C21H16Cl2F3N3O2.C20H13BrCl2F3N3O.C4H8O.CH3O.K/c1-31-10-11-7-14(22)18(26)16(8-11)28-6-5-13-19(21(28)30)27-29(20(13)23)9-12-3-2-4-15(24)17(12)25;21-8-10-6-13(22)17(26)15(7-10)28-5-4-12-18(20(28)30)27-29(19(12)23)9-11-2-1-3-14(24)16(11)25;1-2-4-5-3-1;1-2;/h2-4,7-8H,5-6,9-10H2,1H3;1-3,6-7H,4-5,8-9H2;1-4H2;1H3;/q;;;-1;+1. The molecule has 0 unspecified atom stereocenters. The Balaban J connectivity index is 0.000000223. The van der Waals surface area contributed by atoms with Gasteiger partial charge >= 0.3 is 51.4 Å². The number of alkyl halides is 1. The molecule has 0 spiro atoms. The molecule has 0 bridgehead atoms. The van der Waals surface area contributed by atoms with Crippen LogP contribution in [0, 0.1) is 34.9 Å². The predicted octanol–water partition coefficient (Wildman–Crippen LogP) is 7.54. The quantitative estimate of drug-likeness (QED) is 0.0835. The van der Waals surface area contributed by atoms with Crippen LogP contribution in [0.2, 0.25) is 20.4 Å². The Labute approximate surface area is 464 Å². The zero-order chi connectivity index (χ0) is 49.4. The van der Waals surface area contributed by atoms with Crippen LogP contribution in [0.3, 0.4) is 0 Å². The molecule has 23 heteroatoms. The number of anilines is 2. The smallest absolute Gasteiger partial charge is 0.857 e. The summed E-state index contributed by atoms with van der Waals surface area (Å²) in [4.78, 5) is 28.7. The number of carbonyl (C=O) groups excluding carboxylic acids is 2. The van der Waals surface area contributed by atoms with Crippen molar-refractivity contribution in [1.82, 2.24) is 19.6 Å². The minimum Gasteiger partial charge on any atom is -0.857 e. The van der Waals surface area contributed by atoms with Gasteiger partial charge in [-0.25, -0.2) is 35.7 Å². The van der Waals surface area contributed by atoms with Crippen molar-refractivity contribution in [2.24, 2.45) is 0 Å². The van der Waals surface area contributed by atoms with Gasteiger partial charge in [0.1, 0.15) is 10.3 Å². The number of halogens is 11. The third-order valence-electron chi connectivity index (χ3n) is 10.7. The van der Waals surface area contributed by atoms with Crippen molar-refractivity contribution in [2.45, 2.75) is 50.7 Å². The fraction of sp³-hybridized carbons (Fsp3) is 0.304. The summed E-state index contributed by atoms with van der Waals surface area (Å²) in [5.41, 5.74) is 2.49. The summed E-state index contributed by atoms with van der Waals surface area (Å²) in [6.07, 6.45) is 3.18. The van der Waals surface area contributed by atoms with Crippen LogP contribution >= 0.6 is 62.3 Å². The summed E-state index contributed by atoms with van der Waals surface area (Å²) in [6.45, 7) is 2.20. The second-order valence-corrected chi connectivity index (χ2v) is 17.2. The number of nitrogens with zero attached hydrogens (tertiary/aromatic N) is 6. The predicted molar refractivity (Wildman–Crippen MR) is 248 cm³/mol. The Morgan fingerprint density at radius 1 is 0.667 bits per heavy atom. The molecule has 0 atom stereocenters. The van der Waals surface area contributed by atoms with Crippen LogP contribution in [-0.2, 0) is 47.3 Å². The maximum atomic E-state index is 14.7. The summed E-state index contributed by atoms with van der Waals surface area (Å²) >= 11 is 28.0. The van der Waals surface area contributed by atoms with E-state index in [2.05, 4.69) is 26.1 Å². The molecule has 1 fully saturated rings. The topological polar surface area (TPSA) is 118 Å². The van der Waals surface area contributed by atoms with Crippen LogP contribution < -0.4 is 66.3 Å². The minimum atomic E-state index is -1.01. The van der Waals surface area contributed by atoms with E-state index in [1.54, 1.807) is 6.07 Å². The van der Waals surface area contributed by atoms with Crippen LogP contribution in [0.5, 0.6) is 0 Å². The monoisotopic (exact) mass is 1130 g/mol. The summed E-state index contributed by atoms with van der Waals surface area (Å²) in [6, 6.07) is 13.5. The fourth-order valence-corrected chi connectivity index (χ4v) is 8.83. The minimum absolute atomic E-state index is 0. The number of aromatic nitrogens is 4. The molecular formula is C46H40BrCl4F6KN6O5. The molecule has 69 heavy (non-hydrogen) atoms. The van der Waals surface area contributed by atoms with Gasteiger partial charge in [0, 0.05) is 61.0 Å². The van der Waals surface area contributed by atoms with E-state index in [4.69, 9.17) is 61.0 Å². The van der Waals surface area contributed by atoms with Gasteiger partial charge in [0.2, 0.25) is 0 Å². The van der Waals surface area contributed by atoms with Crippen LogP contribution in [0.1, 0.15) is 67.2 Å². The first-order chi connectivity index (χ1) is 32.6. The van der Waals surface area contributed by atoms with E-state index in [0.29, 0.717) is 40.4 Å². The molecule has 1 saturated heterocycles. The second-order valence-electron chi connectivity index (χ2n) is 15.1. The average Bonchev–Trinajstić information content (AvgIpc) is 4.10. The van der Waals surface area contributed by atoms with Crippen molar-refractivity contribution in [3.05, 3.63) is 161 Å². The Morgan fingerprint density at radius 3 is 1.48 bits per heavy atom. The number of hydrogen-bond acceptors (Lipinski definition) is 7. The molecule has 0 saturated carbocycles. The maximum absolute atomic E-state index is 14.7. The molecule has 2 aromatic heterocycles. The molecule has 5 heterocycles. The van der Waals surface area contributed by atoms with Crippen molar-refractivity contribution in [2.75, 3.05) is 50.3 Å². The van der Waals surface area contributed by atoms with Crippen LogP contribution in [0.15, 0.2) is 60.7 Å². The Morgan fingerprint density at radius 2 is 1.09 bits per heavy atom. The van der Waals surface area contributed by atoms with E-state index in [-0.39, 0.29) is 138 Å². The third kappa shape index (κ3) is 13.0. The molecule has 3 aliphatic heterocycles. The first-order valence-corrected chi connectivity index (χ1v) is 23.3. The average molecular weight is 1130 g/mol. The molecule has 4 aromatic carbocycles. The molecule has 11 nitrogen and oxygen atoms in total. The van der Waals surface area contributed by atoms with Crippen molar-refractivity contribution in [3.8, 4) is 0 Å². The molecule has 0 radical (unpaired) electrons. The molecule has 0 aliphatic carbocycles. The zero-order valence-corrected chi connectivity index (χ0v) is 44.9. The molecular weight excluding hydrogens is 1090 g/mol. The van der Waals surface area contributed by atoms with Gasteiger partial charge in [-0.1, -0.05) is 86.6 Å². The zero-order valence-electron chi connectivity index (χ0n) is 37.1. The number of methoxy groups -OCH3 is 1.